The summed E-state index contributed by atoms with van der Waals surface area (Å²) in [5, 5.41) is 12.9. The van der Waals surface area contributed by atoms with Crippen LogP contribution in [0.1, 0.15) is 85.0 Å². The summed E-state index contributed by atoms with van der Waals surface area (Å²) in [5.74, 6) is -0.872. The molecule has 1 aromatic rings. The molecule has 3 rings (SSSR count). The van der Waals surface area contributed by atoms with Crippen molar-refractivity contribution in [3.05, 3.63) is 6.20 Å². The van der Waals surface area contributed by atoms with E-state index in [1.807, 2.05) is 6.92 Å². The molecule has 1 aromatic heterocycles. The molecule has 2 saturated carbocycles. The number of nitrogens with zero attached hydrogens (tertiary/aromatic N) is 2. The maximum absolute atomic E-state index is 13.5. The Morgan fingerprint density at radius 1 is 1.16 bits per heavy atom. The van der Waals surface area contributed by atoms with Gasteiger partial charge in [0.25, 0.3) is 0 Å². The van der Waals surface area contributed by atoms with Crippen LogP contribution in [0.25, 0.3) is 0 Å². The minimum absolute atomic E-state index is 0.0693. The quantitative estimate of drug-likeness (QED) is 0.348. The van der Waals surface area contributed by atoms with Gasteiger partial charge in [0.15, 0.2) is 5.13 Å². The van der Waals surface area contributed by atoms with Crippen molar-refractivity contribution in [1.29, 1.82) is 0 Å². The molecule has 9 heteroatoms. The van der Waals surface area contributed by atoms with Crippen molar-refractivity contribution < 1.29 is 19.4 Å². The van der Waals surface area contributed by atoms with Gasteiger partial charge in [-0.3, -0.25) is 10.1 Å². The van der Waals surface area contributed by atoms with Gasteiger partial charge in [0.2, 0.25) is 0 Å². The van der Waals surface area contributed by atoms with Gasteiger partial charge in [-0.15, -0.1) is 0 Å². The number of carbonyl (C=O) groups is 2. The fourth-order valence-electron chi connectivity index (χ4n) is 4.71. The van der Waals surface area contributed by atoms with Crippen molar-refractivity contribution in [1.82, 2.24) is 9.88 Å². The number of carboxylic acid groups (broad SMARTS) is 1. The molecule has 2 fully saturated rings. The highest BCUT2D eigenvalue weighted by Gasteiger charge is 2.35. The predicted octanol–water partition coefficient (Wildman–Crippen LogP) is 6.00. The lowest BCUT2D eigenvalue weighted by molar-refractivity contribution is -0.138. The lowest BCUT2D eigenvalue weighted by Crippen LogP contribution is -2.50. The van der Waals surface area contributed by atoms with Crippen molar-refractivity contribution in [2.45, 2.75) is 112 Å². The number of thioether (sulfide) groups is 1. The molecule has 0 bridgehead atoms. The molecule has 2 N–H and O–H groups in total. The molecule has 0 atom stereocenters. The third-order valence-electron chi connectivity index (χ3n) is 6.46. The van der Waals surface area contributed by atoms with Gasteiger partial charge in [-0.2, -0.15) is 0 Å². The lowest BCUT2D eigenvalue weighted by Gasteiger charge is -2.41. The zero-order valence-electron chi connectivity index (χ0n) is 19.5. The Morgan fingerprint density at radius 2 is 1.78 bits per heavy atom. The number of hydrogen-bond acceptors (Lipinski definition) is 6. The average molecular weight is 484 g/mol. The van der Waals surface area contributed by atoms with E-state index < -0.39 is 10.7 Å². The zero-order chi connectivity index (χ0) is 23.1. The highest BCUT2D eigenvalue weighted by atomic mass is 32.2. The van der Waals surface area contributed by atoms with Crippen molar-refractivity contribution in [2.75, 3.05) is 11.9 Å². The molecule has 2 aliphatic rings. The minimum atomic E-state index is -0.945. The molecule has 2 amide bonds. The smallest absolute Gasteiger partial charge is 0.324 e. The first-order valence-electron chi connectivity index (χ1n) is 11.9. The van der Waals surface area contributed by atoms with Gasteiger partial charge in [-0.25, -0.2) is 9.78 Å². The topological polar surface area (TPSA) is 91.8 Å². The highest BCUT2D eigenvalue weighted by molar-refractivity contribution is 8.03. The first-order valence-corrected chi connectivity index (χ1v) is 13.5. The number of thiazole rings is 1. The van der Waals surface area contributed by atoms with Gasteiger partial charge in [0.05, 0.1) is 16.5 Å². The van der Waals surface area contributed by atoms with Crippen LogP contribution in [0.2, 0.25) is 0 Å². The summed E-state index contributed by atoms with van der Waals surface area (Å²) < 4.78 is 5.66. The molecule has 0 aromatic carbocycles. The minimum Gasteiger partial charge on any atom is -0.480 e. The number of rotatable bonds is 8. The highest BCUT2D eigenvalue weighted by Crippen LogP contribution is 2.38. The molecule has 0 unspecified atom stereocenters. The van der Waals surface area contributed by atoms with Crippen LogP contribution in [0.5, 0.6) is 0 Å². The SMILES string of the molecule is CCOC1CCC(N(C(=O)Nc2ncc(SC(C)(C)C(=O)O)s2)C2CCCCCC2)CC1. The summed E-state index contributed by atoms with van der Waals surface area (Å²) in [7, 11) is 0. The maximum atomic E-state index is 13.5. The third-order valence-corrected chi connectivity index (χ3v) is 8.66. The van der Waals surface area contributed by atoms with Crippen LogP contribution in [0.3, 0.4) is 0 Å². The van der Waals surface area contributed by atoms with Crippen molar-refractivity contribution in [3.63, 3.8) is 0 Å². The number of aliphatic carboxylic acids is 1. The van der Waals surface area contributed by atoms with E-state index in [1.165, 1.54) is 48.8 Å². The zero-order valence-corrected chi connectivity index (χ0v) is 21.1. The first-order chi connectivity index (χ1) is 15.3. The molecular formula is C23H37N3O4S2. The van der Waals surface area contributed by atoms with Crippen LogP contribution in [-0.4, -0.2) is 56.5 Å². The summed E-state index contributed by atoms with van der Waals surface area (Å²) in [4.78, 5) is 31.4. The van der Waals surface area contributed by atoms with E-state index in [9.17, 15) is 14.7 Å². The van der Waals surface area contributed by atoms with E-state index in [1.54, 1.807) is 20.0 Å². The van der Waals surface area contributed by atoms with Crippen LogP contribution in [0.4, 0.5) is 9.93 Å². The summed E-state index contributed by atoms with van der Waals surface area (Å²) in [6.45, 7) is 6.12. The van der Waals surface area contributed by atoms with Crippen LogP contribution < -0.4 is 5.32 Å². The standard InChI is InChI=1S/C23H37N3O4S2/c1-4-30-18-13-11-17(12-14-18)26(16-9-7-5-6-8-10-16)22(29)25-21-24-15-19(31-21)32-23(2,3)20(27)28/h15-18H,4-14H2,1-3H3,(H,27,28)(H,24,25,29). The van der Waals surface area contributed by atoms with Gasteiger partial charge >= 0.3 is 12.0 Å². The monoisotopic (exact) mass is 483 g/mol. The van der Waals surface area contributed by atoms with E-state index in [4.69, 9.17) is 4.74 Å². The van der Waals surface area contributed by atoms with Crippen molar-refractivity contribution >= 4 is 40.2 Å². The van der Waals surface area contributed by atoms with Crippen LogP contribution in [0, 0.1) is 0 Å². The molecule has 0 aliphatic heterocycles. The number of urea groups is 1. The van der Waals surface area contributed by atoms with Gasteiger partial charge in [0, 0.05) is 18.7 Å². The fourth-order valence-corrected chi connectivity index (χ4v) is 6.97. The largest absolute Gasteiger partial charge is 0.480 e. The molecular weight excluding hydrogens is 446 g/mol. The van der Waals surface area contributed by atoms with E-state index in [0.29, 0.717) is 11.2 Å². The van der Waals surface area contributed by atoms with E-state index >= 15 is 0 Å². The van der Waals surface area contributed by atoms with Gasteiger partial charge in [-0.05, 0) is 59.3 Å². The Kier molecular flexibility index (Phi) is 9.25. The summed E-state index contributed by atoms with van der Waals surface area (Å²) in [5.41, 5.74) is 0. The summed E-state index contributed by atoms with van der Waals surface area (Å²) in [6, 6.07) is 0.431. The molecule has 2 aliphatic carbocycles. The average Bonchev–Trinajstić information content (AvgIpc) is 3.00. The second-order valence-corrected chi connectivity index (χ2v) is 12.2. The van der Waals surface area contributed by atoms with Crippen molar-refractivity contribution in [3.8, 4) is 0 Å². The maximum Gasteiger partial charge on any atom is 0.324 e. The number of ether oxygens (including phenoxy) is 1. The molecule has 7 nitrogen and oxygen atoms in total. The number of hydrogen-bond donors (Lipinski definition) is 2. The fraction of sp³-hybridized carbons (Fsp3) is 0.783. The number of aromatic nitrogens is 1. The van der Waals surface area contributed by atoms with E-state index in [0.717, 1.165) is 49.3 Å². The first kappa shape index (κ1) is 25.3. The molecule has 32 heavy (non-hydrogen) atoms. The third kappa shape index (κ3) is 6.84. The lowest BCUT2D eigenvalue weighted by atomic mass is 9.90. The van der Waals surface area contributed by atoms with E-state index in [-0.39, 0.29) is 18.1 Å². The molecule has 180 valence electrons. The van der Waals surface area contributed by atoms with Gasteiger partial charge in [0.1, 0.15) is 4.75 Å². The Balaban J connectivity index is 1.69. The summed E-state index contributed by atoms with van der Waals surface area (Å²) >= 11 is 2.59. The summed E-state index contributed by atoms with van der Waals surface area (Å²) in [6.07, 6.45) is 12.9. The molecule has 0 radical (unpaired) electrons. The van der Waals surface area contributed by atoms with Crippen LogP contribution in [0.15, 0.2) is 10.4 Å². The molecule has 0 spiro atoms. The molecule has 1 heterocycles. The Hall–Kier alpha value is -1.32. The number of carboxylic acids is 1. The Labute approximate surface area is 199 Å². The van der Waals surface area contributed by atoms with E-state index in [2.05, 4.69) is 15.2 Å². The Morgan fingerprint density at radius 3 is 2.38 bits per heavy atom. The van der Waals surface area contributed by atoms with Gasteiger partial charge < -0.3 is 14.7 Å². The second kappa shape index (κ2) is 11.7. The normalized spacial score (nSPS) is 22.8. The number of anilines is 1. The number of amides is 2. The van der Waals surface area contributed by atoms with Gasteiger partial charge in [-0.1, -0.05) is 48.8 Å². The van der Waals surface area contributed by atoms with Crippen LogP contribution in [-0.2, 0) is 9.53 Å². The number of carbonyl (C=O) groups excluding carboxylic acids is 1. The second-order valence-electron chi connectivity index (χ2n) is 9.27. The van der Waals surface area contributed by atoms with Crippen LogP contribution >= 0.6 is 23.1 Å². The Bertz CT molecular complexity index is 754. The number of nitrogens with one attached hydrogen (secondary N) is 1. The molecule has 0 saturated heterocycles. The predicted molar refractivity (Wildman–Crippen MR) is 130 cm³/mol. The van der Waals surface area contributed by atoms with Crippen molar-refractivity contribution in [2.24, 2.45) is 0 Å².